The van der Waals surface area contributed by atoms with Crippen molar-refractivity contribution in [2.24, 2.45) is 5.14 Å². The van der Waals surface area contributed by atoms with Gasteiger partial charge in [-0.2, -0.15) is 4.72 Å². The second-order valence-corrected chi connectivity index (χ2v) is 10.5. The number of nitrogens with zero attached hydrogens (tertiary/aromatic N) is 1. The van der Waals surface area contributed by atoms with Gasteiger partial charge in [0, 0.05) is 12.2 Å². The Morgan fingerprint density at radius 3 is 2.33 bits per heavy atom. The quantitative estimate of drug-likeness (QED) is 0.487. The van der Waals surface area contributed by atoms with Crippen molar-refractivity contribution in [3.63, 3.8) is 0 Å². The Morgan fingerprint density at radius 1 is 1.09 bits per heavy atom. The molecule has 0 radical (unpaired) electrons. The van der Waals surface area contributed by atoms with Crippen molar-refractivity contribution in [2.75, 3.05) is 25.2 Å². The van der Waals surface area contributed by atoms with Crippen LogP contribution in [-0.2, 0) is 40.8 Å². The second-order valence-electron chi connectivity index (χ2n) is 7.26. The van der Waals surface area contributed by atoms with E-state index in [2.05, 4.69) is 4.72 Å². The van der Waals surface area contributed by atoms with Gasteiger partial charge in [0.05, 0.1) is 16.9 Å². The lowest BCUT2D eigenvalue weighted by atomic mass is 10.2. The van der Waals surface area contributed by atoms with Crippen LogP contribution in [0.4, 0.5) is 5.69 Å². The summed E-state index contributed by atoms with van der Waals surface area (Å²) in [6.07, 6.45) is 0.413. The Bertz CT molecular complexity index is 1270. The zero-order valence-electron chi connectivity index (χ0n) is 17.8. The maximum Gasteiger partial charge on any atom is 0.324 e. The first kappa shape index (κ1) is 24.6. The third-order valence-corrected chi connectivity index (χ3v) is 7.44. The van der Waals surface area contributed by atoms with Gasteiger partial charge in [0.25, 0.3) is 5.91 Å². The van der Waals surface area contributed by atoms with E-state index in [0.29, 0.717) is 23.4 Å². The summed E-state index contributed by atoms with van der Waals surface area (Å²) in [5.74, 6) is -0.982. The van der Waals surface area contributed by atoms with Crippen LogP contribution < -0.4 is 19.5 Å². The molecule has 0 unspecified atom stereocenters. The highest BCUT2D eigenvalue weighted by atomic mass is 32.2. The largest absolute Gasteiger partial charge is 0.497 e. The van der Waals surface area contributed by atoms with Crippen LogP contribution >= 0.6 is 0 Å². The van der Waals surface area contributed by atoms with Gasteiger partial charge in [0.2, 0.25) is 20.0 Å². The van der Waals surface area contributed by atoms with Gasteiger partial charge in [0.1, 0.15) is 11.8 Å². The Morgan fingerprint density at radius 2 is 1.73 bits per heavy atom. The number of hydrogen-bond acceptors (Lipinski definition) is 8. The van der Waals surface area contributed by atoms with Crippen LogP contribution in [0.3, 0.4) is 0 Å². The zero-order valence-corrected chi connectivity index (χ0v) is 19.5. The number of anilines is 1. The first-order valence-electron chi connectivity index (χ1n) is 9.71. The van der Waals surface area contributed by atoms with Crippen molar-refractivity contribution in [3.8, 4) is 5.75 Å². The topological polar surface area (TPSA) is 162 Å². The first-order chi connectivity index (χ1) is 15.4. The molecule has 3 rings (SSSR count). The number of benzene rings is 2. The lowest BCUT2D eigenvalue weighted by Crippen LogP contribution is -2.41. The summed E-state index contributed by atoms with van der Waals surface area (Å²) in [4.78, 5) is 26.0. The molecule has 0 saturated heterocycles. The fourth-order valence-corrected chi connectivity index (χ4v) is 5.01. The normalized spacial score (nSPS) is 14.5. The monoisotopic (exact) mass is 497 g/mol. The number of methoxy groups -OCH3 is 1. The SMILES string of the molecule is COc1ccc(S(=O)(=O)N[C@@H](C)C(=O)OCC(=O)N2CCc3cc(S(N)(=O)=O)ccc32)cc1. The number of carbonyl (C=O) groups is 2. The molecule has 1 heterocycles. The van der Waals surface area contributed by atoms with Crippen molar-refractivity contribution in [3.05, 3.63) is 48.0 Å². The van der Waals surface area contributed by atoms with E-state index in [9.17, 15) is 26.4 Å². The fraction of sp³-hybridized carbons (Fsp3) is 0.300. The van der Waals surface area contributed by atoms with Crippen LogP contribution in [0.15, 0.2) is 52.3 Å². The highest BCUT2D eigenvalue weighted by Gasteiger charge is 2.28. The maximum atomic E-state index is 12.5. The first-order valence-corrected chi connectivity index (χ1v) is 12.7. The van der Waals surface area contributed by atoms with Crippen molar-refractivity contribution in [1.82, 2.24) is 4.72 Å². The third-order valence-electron chi connectivity index (χ3n) is 4.97. The minimum absolute atomic E-state index is 0.0556. The summed E-state index contributed by atoms with van der Waals surface area (Å²) >= 11 is 0. The lowest BCUT2D eigenvalue weighted by molar-refractivity contribution is -0.149. The van der Waals surface area contributed by atoms with Gasteiger partial charge < -0.3 is 14.4 Å². The number of sulfonamides is 2. The van der Waals surface area contributed by atoms with Crippen LogP contribution in [0.1, 0.15) is 12.5 Å². The highest BCUT2D eigenvalue weighted by Crippen LogP contribution is 2.30. The van der Waals surface area contributed by atoms with Crippen molar-refractivity contribution in [1.29, 1.82) is 0 Å². The van der Waals surface area contributed by atoms with E-state index in [4.69, 9.17) is 14.6 Å². The molecular formula is C20H23N3O8S2. The summed E-state index contributed by atoms with van der Waals surface area (Å²) in [5, 5.41) is 5.13. The lowest BCUT2D eigenvalue weighted by Gasteiger charge is -2.18. The number of fused-ring (bicyclic) bond motifs is 1. The van der Waals surface area contributed by atoms with Crippen LogP contribution in [0.5, 0.6) is 5.75 Å². The molecule has 1 aliphatic heterocycles. The number of esters is 1. The summed E-state index contributed by atoms with van der Waals surface area (Å²) in [7, 11) is -6.42. The molecule has 1 aliphatic rings. The summed E-state index contributed by atoms with van der Waals surface area (Å²) < 4.78 is 60.1. The molecule has 0 saturated carbocycles. The number of hydrogen-bond donors (Lipinski definition) is 2. The molecule has 1 atom stereocenters. The third kappa shape index (κ3) is 5.68. The maximum absolute atomic E-state index is 12.5. The van der Waals surface area contributed by atoms with Gasteiger partial charge in [-0.05, 0) is 61.4 Å². The van der Waals surface area contributed by atoms with Gasteiger partial charge in [0.15, 0.2) is 6.61 Å². The van der Waals surface area contributed by atoms with E-state index in [1.165, 1.54) is 61.4 Å². The second kappa shape index (κ2) is 9.47. The molecule has 33 heavy (non-hydrogen) atoms. The predicted octanol–water partition coefficient (Wildman–Crippen LogP) is 0.142. The zero-order chi connectivity index (χ0) is 24.4. The van der Waals surface area contributed by atoms with E-state index < -0.39 is 44.6 Å². The molecule has 178 valence electrons. The van der Waals surface area contributed by atoms with Crippen LogP contribution in [-0.4, -0.2) is 55.0 Å². The van der Waals surface area contributed by atoms with E-state index in [1.54, 1.807) is 0 Å². The molecule has 1 amide bonds. The Hall–Kier alpha value is -3.00. The van der Waals surface area contributed by atoms with Crippen LogP contribution in [0.2, 0.25) is 0 Å². The van der Waals surface area contributed by atoms with Crippen molar-refractivity contribution < 1.29 is 35.9 Å². The van der Waals surface area contributed by atoms with Gasteiger partial charge >= 0.3 is 5.97 Å². The molecule has 2 aromatic rings. The van der Waals surface area contributed by atoms with Gasteiger partial charge in [-0.15, -0.1) is 0 Å². The number of carbonyl (C=O) groups excluding carboxylic acids is 2. The van der Waals surface area contributed by atoms with Gasteiger partial charge in [-0.3, -0.25) is 9.59 Å². The minimum Gasteiger partial charge on any atom is -0.497 e. The number of primary sulfonamides is 1. The molecule has 0 fully saturated rings. The van der Waals surface area contributed by atoms with Gasteiger partial charge in [-0.1, -0.05) is 0 Å². The Balaban J connectivity index is 1.59. The van der Waals surface area contributed by atoms with E-state index in [0.717, 1.165) is 0 Å². The Kier molecular flexibility index (Phi) is 7.07. The van der Waals surface area contributed by atoms with E-state index >= 15 is 0 Å². The Labute approximate surface area is 191 Å². The standard InChI is InChI=1S/C20H23N3O8S2/c1-13(22-33(28,29)16-5-3-15(30-2)4-6-16)20(25)31-12-19(24)23-10-9-14-11-17(32(21,26)27)7-8-18(14)23/h3-8,11,13,22H,9-10,12H2,1-2H3,(H2,21,26,27)/t13-/m0/s1. The highest BCUT2D eigenvalue weighted by molar-refractivity contribution is 7.89. The van der Waals surface area contributed by atoms with Crippen molar-refractivity contribution >= 4 is 37.6 Å². The number of rotatable bonds is 8. The summed E-state index contributed by atoms with van der Waals surface area (Å²) in [6, 6.07) is 8.51. The molecule has 0 aromatic heterocycles. The summed E-state index contributed by atoms with van der Waals surface area (Å²) in [6.45, 7) is 0.969. The van der Waals surface area contributed by atoms with Crippen LogP contribution in [0.25, 0.3) is 0 Å². The van der Waals surface area contributed by atoms with E-state index in [1.807, 2.05) is 0 Å². The molecule has 0 aliphatic carbocycles. The van der Waals surface area contributed by atoms with Crippen molar-refractivity contribution in [2.45, 2.75) is 29.2 Å². The molecule has 11 nitrogen and oxygen atoms in total. The average molecular weight is 498 g/mol. The number of amides is 1. The number of nitrogens with two attached hydrogens (primary N) is 1. The molecule has 2 aromatic carbocycles. The van der Waals surface area contributed by atoms with E-state index in [-0.39, 0.29) is 16.3 Å². The minimum atomic E-state index is -4.00. The number of nitrogens with one attached hydrogen (secondary N) is 1. The number of ether oxygens (including phenoxy) is 2. The van der Waals surface area contributed by atoms with Gasteiger partial charge in [-0.25, -0.2) is 22.0 Å². The molecule has 0 bridgehead atoms. The summed E-state index contributed by atoms with van der Waals surface area (Å²) in [5.41, 5.74) is 1.12. The fourth-order valence-electron chi connectivity index (χ4n) is 3.25. The molecule has 13 heteroatoms. The van der Waals surface area contributed by atoms with Crippen LogP contribution in [0, 0.1) is 0 Å². The molecule has 0 spiro atoms. The molecular weight excluding hydrogens is 474 g/mol. The predicted molar refractivity (Wildman–Crippen MR) is 118 cm³/mol. The molecule has 3 N–H and O–H groups in total. The average Bonchev–Trinajstić information content (AvgIpc) is 3.19. The smallest absolute Gasteiger partial charge is 0.324 e.